The first kappa shape index (κ1) is 21.2. The minimum atomic E-state index is -3.65. The molecule has 2 aromatic rings. The summed E-state index contributed by atoms with van der Waals surface area (Å²) < 4.78 is 35.6. The van der Waals surface area contributed by atoms with Crippen LogP contribution in [0.15, 0.2) is 45.8 Å². The summed E-state index contributed by atoms with van der Waals surface area (Å²) >= 11 is 8.98. The molecule has 0 fully saturated rings. The summed E-state index contributed by atoms with van der Waals surface area (Å²) in [6.07, 6.45) is -0.344. The predicted octanol–water partition coefficient (Wildman–Crippen LogP) is 4.14. The molecule has 0 bridgehead atoms. The molecule has 0 aliphatic rings. The van der Waals surface area contributed by atoms with Gasteiger partial charge < -0.3 is 9.47 Å². The average molecular weight is 473 g/mol. The number of esters is 1. The Morgan fingerprint density at radius 1 is 1.26 bits per heavy atom. The zero-order valence-electron chi connectivity index (χ0n) is 14.2. The molecule has 0 spiro atoms. The van der Waals surface area contributed by atoms with E-state index in [2.05, 4.69) is 15.9 Å². The number of halogens is 2. The van der Waals surface area contributed by atoms with Gasteiger partial charge in [-0.3, -0.25) is 4.79 Å². The number of hydrogen-bond acceptors (Lipinski definition) is 6. The van der Waals surface area contributed by atoms with Crippen molar-refractivity contribution < 1.29 is 22.7 Å². The lowest BCUT2D eigenvalue weighted by Crippen LogP contribution is -2.16. The lowest BCUT2D eigenvalue weighted by atomic mass is 10.2. The van der Waals surface area contributed by atoms with E-state index in [1.165, 1.54) is 36.4 Å². The van der Waals surface area contributed by atoms with Gasteiger partial charge in [0.15, 0.2) is 21.3 Å². The van der Waals surface area contributed by atoms with Crippen molar-refractivity contribution in [3.8, 4) is 17.6 Å². The molecule has 0 saturated heterocycles. The number of carbonyl (C=O) groups excluding carboxylic acids is 1. The van der Waals surface area contributed by atoms with E-state index in [-0.39, 0.29) is 22.8 Å². The number of ether oxygens (including phenoxy) is 2. The maximum atomic E-state index is 12.3. The first-order chi connectivity index (χ1) is 12.8. The van der Waals surface area contributed by atoms with Gasteiger partial charge in [0.2, 0.25) is 0 Å². The van der Waals surface area contributed by atoms with Crippen LogP contribution in [0.3, 0.4) is 0 Å². The maximum absolute atomic E-state index is 12.3. The van der Waals surface area contributed by atoms with Crippen LogP contribution in [-0.4, -0.2) is 26.7 Å². The van der Waals surface area contributed by atoms with Crippen LogP contribution in [-0.2, 0) is 14.6 Å². The van der Waals surface area contributed by atoms with Gasteiger partial charge in [-0.1, -0.05) is 11.6 Å². The van der Waals surface area contributed by atoms with Crippen molar-refractivity contribution in [2.45, 2.75) is 18.2 Å². The van der Waals surface area contributed by atoms with E-state index in [9.17, 15) is 13.2 Å². The predicted molar refractivity (Wildman–Crippen MR) is 104 cm³/mol. The Morgan fingerprint density at radius 2 is 1.93 bits per heavy atom. The minimum Gasteiger partial charge on any atom is -0.490 e. The number of nitriles is 1. The summed E-state index contributed by atoms with van der Waals surface area (Å²) in [6, 6.07) is 10.6. The van der Waals surface area contributed by atoms with E-state index >= 15 is 0 Å². The van der Waals surface area contributed by atoms with Gasteiger partial charge in [0.05, 0.1) is 39.8 Å². The fourth-order valence-electron chi connectivity index (χ4n) is 2.14. The number of rotatable bonds is 7. The zero-order chi connectivity index (χ0) is 20.0. The van der Waals surface area contributed by atoms with Crippen molar-refractivity contribution >= 4 is 43.3 Å². The van der Waals surface area contributed by atoms with E-state index in [0.29, 0.717) is 21.7 Å². The van der Waals surface area contributed by atoms with Gasteiger partial charge in [-0.05, 0) is 53.2 Å². The number of sulfone groups is 1. The molecule has 142 valence electrons. The van der Waals surface area contributed by atoms with Crippen molar-refractivity contribution in [2.75, 3.05) is 12.4 Å². The van der Waals surface area contributed by atoms with Crippen LogP contribution in [0.2, 0.25) is 5.02 Å². The van der Waals surface area contributed by atoms with Gasteiger partial charge in [0, 0.05) is 11.1 Å². The number of hydrogen-bond donors (Lipinski definition) is 0. The zero-order valence-corrected chi connectivity index (χ0v) is 17.4. The highest BCUT2D eigenvalue weighted by atomic mass is 79.9. The molecule has 9 heteroatoms. The Labute approximate surface area is 170 Å². The molecule has 0 amide bonds. The molecule has 0 unspecified atom stereocenters. The second-order valence-electron chi connectivity index (χ2n) is 5.33. The summed E-state index contributed by atoms with van der Waals surface area (Å²) in [6.45, 7) is 2.05. The Bertz CT molecular complexity index is 984. The second kappa shape index (κ2) is 9.22. The summed E-state index contributed by atoms with van der Waals surface area (Å²) in [7, 11) is -3.65. The molecular weight excluding hydrogens is 458 g/mol. The molecule has 0 N–H and O–H groups in total. The van der Waals surface area contributed by atoms with Crippen LogP contribution in [0.5, 0.6) is 11.5 Å². The Morgan fingerprint density at radius 3 is 2.52 bits per heavy atom. The Balaban J connectivity index is 2.12. The lowest BCUT2D eigenvalue weighted by molar-refractivity contribution is -0.134. The standard InChI is InChI=1S/C18H15BrClNO5S/c1-2-25-16-10-12(11-21)9-15(19)18(16)26-17(22)7-8-27(23,24)14-5-3-13(20)4-6-14/h3-6,9-10H,2,7-8H2,1H3. The molecule has 0 heterocycles. The van der Waals surface area contributed by atoms with Gasteiger partial charge in [-0.2, -0.15) is 5.26 Å². The summed E-state index contributed by atoms with van der Waals surface area (Å²) in [4.78, 5) is 12.2. The summed E-state index contributed by atoms with van der Waals surface area (Å²) in [5, 5.41) is 9.44. The van der Waals surface area contributed by atoms with Crippen molar-refractivity contribution in [1.29, 1.82) is 5.26 Å². The molecule has 0 aromatic heterocycles. The molecule has 6 nitrogen and oxygen atoms in total. The SMILES string of the molecule is CCOc1cc(C#N)cc(Br)c1OC(=O)CCS(=O)(=O)c1ccc(Cl)cc1. The van der Waals surface area contributed by atoms with Crippen molar-refractivity contribution in [3.63, 3.8) is 0 Å². The third-order valence-corrected chi connectivity index (χ3v) is 5.98. The van der Waals surface area contributed by atoms with Crippen molar-refractivity contribution in [1.82, 2.24) is 0 Å². The average Bonchev–Trinajstić information content (AvgIpc) is 2.63. The fourth-order valence-corrected chi connectivity index (χ4v) is 4.01. The summed E-state index contributed by atoms with van der Waals surface area (Å²) in [5.41, 5.74) is 0.329. The summed E-state index contributed by atoms with van der Waals surface area (Å²) in [5.74, 6) is -0.827. The van der Waals surface area contributed by atoms with Crippen molar-refractivity contribution in [2.24, 2.45) is 0 Å². The molecular formula is C18H15BrClNO5S. The smallest absolute Gasteiger partial charge is 0.312 e. The molecule has 0 aliphatic heterocycles. The quantitative estimate of drug-likeness (QED) is 0.444. The van der Waals surface area contributed by atoms with Crippen LogP contribution >= 0.6 is 27.5 Å². The molecule has 2 rings (SSSR count). The van der Waals surface area contributed by atoms with Crippen LogP contribution < -0.4 is 9.47 Å². The molecule has 0 aliphatic carbocycles. The van der Waals surface area contributed by atoms with Gasteiger partial charge in [-0.25, -0.2) is 8.42 Å². The van der Waals surface area contributed by atoms with Gasteiger partial charge in [0.1, 0.15) is 0 Å². The van der Waals surface area contributed by atoms with E-state index in [4.69, 9.17) is 26.3 Å². The lowest BCUT2D eigenvalue weighted by Gasteiger charge is -2.13. The van der Waals surface area contributed by atoms with Crippen LogP contribution in [0.25, 0.3) is 0 Å². The first-order valence-electron chi connectivity index (χ1n) is 7.82. The Kier molecular flexibility index (Phi) is 7.25. The monoisotopic (exact) mass is 471 g/mol. The fraction of sp³-hybridized carbons (Fsp3) is 0.222. The highest BCUT2D eigenvalue weighted by molar-refractivity contribution is 9.10. The normalized spacial score (nSPS) is 10.9. The first-order valence-corrected chi connectivity index (χ1v) is 10.6. The van der Waals surface area contributed by atoms with E-state index in [1.54, 1.807) is 6.92 Å². The maximum Gasteiger partial charge on any atom is 0.312 e. The minimum absolute atomic E-state index is 0.0780. The van der Waals surface area contributed by atoms with E-state index in [1.807, 2.05) is 6.07 Å². The largest absolute Gasteiger partial charge is 0.490 e. The third-order valence-electron chi connectivity index (χ3n) is 3.40. The molecule has 0 radical (unpaired) electrons. The number of nitrogens with zero attached hydrogens (tertiary/aromatic N) is 1. The molecule has 0 saturated carbocycles. The Hall–Kier alpha value is -2.08. The van der Waals surface area contributed by atoms with Crippen LogP contribution in [0, 0.1) is 11.3 Å². The number of carbonyl (C=O) groups is 1. The van der Waals surface area contributed by atoms with Crippen molar-refractivity contribution in [3.05, 3.63) is 51.5 Å². The van der Waals surface area contributed by atoms with Crippen LogP contribution in [0.4, 0.5) is 0 Å². The van der Waals surface area contributed by atoms with E-state index in [0.717, 1.165) is 0 Å². The molecule has 0 atom stereocenters. The topological polar surface area (TPSA) is 93.5 Å². The highest BCUT2D eigenvalue weighted by Gasteiger charge is 2.20. The van der Waals surface area contributed by atoms with Crippen LogP contribution in [0.1, 0.15) is 18.9 Å². The van der Waals surface area contributed by atoms with Gasteiger partial charge in [-0.15, -0.1) is 0 Å². The van der Waals surface area contributed by atoms with Gasteiger partial charge in [0.25, 0.3) is 0 Å². The third kappa shape index (κ3) is 5.70. The number of benzene rings is 2. The molecule has 27 heavy (non-hydrogen) atoms. The van der Waals surface area contributed by atoms with E-state index < -0.39 is 21.6 Å². The molecule has 2 aromatic carbocycles. The highest BCUT2D eigenvalue weighted by Crippen LogP contribution is 2.37. The second-order valence-corrected chi connectivity index (χ2v) is 8.73. The van der Waals surface area contributed by atoms with Gasteiger partial charge >= 0.3 is 5.97 Å².